The topological polar surface area (TPSA) is 27.1 Å². The van der Waals surface area contributed by atoms with Crippen LogP contribution in [0.25, 0.3) is 16.8 Å². The van der Waals surface area contributed by atoms with E-state index in [0.717, 1.165) is 16.8 Å². The highest BCUT2D eigenvalue weighted by Crippen LogP contribution is 2.37. The van der Waals surface area contributed by atoms with Gasteiger partial charge in [0.2, 0.25) is 0 Å². The second-order valence-electron chi connectivity index (χ2n) is 4.44. The van der Waals surface area contributed by atoms with Gasteiger partial charge < -0.3 is 9.30 Å². The molecule has 0 aliphatic heterocycles. The van der Waals surface area contributed by atoms with Crippen molar-refractivity contribution in [2.24, 2.45) is 0 Å². The molecule has 0 unspecified atom stereocenters. The molecule has 102 valence electrons. The summed E-state index contributed by atoms with van der Waals surface area (Å²) >= 11 is 0. The van der Waals surface area contributed by atoms with Gasteiger partial charge in [-0.3, -0.25) is 0 Å². The van der Waals surface area contributed by atoms with Crippen molar-refractivity contribution >= 4 is 16.8 Å². The second kappa shape index (κ2) is 5.91. The van der Waals surface area contributed by atoms with Crippen molar-refractivity contribution in [3.05, 3.63) is 36.7 Å². The summed E-state index contributed by atoms with van der Waals surface area (Å²) in [4.78, 5) is 4.42. The van der Waals surface area contributed by atoms with E-state index >= 15 is 0 Å². The molecular weight excluding hydrogens is 236 g/mol. The molecule has 1 aliphatic rings. The number of ether oxygens (including phenoxy) is 1. The zero-order valence-corrected chi connectivity index (χ0v) is 12.0. The first-order valence-electron chi connectivity index (χ1n) is 7.08. The van der Waals surface area contributed by atoms with Crippen LogP contribution in [0.3, 0.4) is 0 Å². The number of aromatic nitrogens is 2. The third-order valence-electron chi connectivity index (χ3n) is 3.16. The number of nitrogens with zero attached hydrogens (tertiary/aromatic N) is 2. The molecular formula is C16H22N2O. The summed E-state index contributed by atoms with van der Waals surface area (Å²) in [5, 5.41) is 0. The normalized spacial score (nSPS) is 13.8. The van der Waals surface area contributed by atoms with E-state index in [4.69, 9.17) is 4.74 Å². The number of imidazole rings is 1. The third-order valence-corrected chi connectivity index (χ3v) is 3.16. The Hall–Kier alpha value is -1.77. The first-order chi connectivity index (χ1) is 9.29. The van der Waals surface area contributed by atoms with Crippen molar-refractivity contribution in [2.75, 3.05) is 6.61 Å². The Morgan fingerprint density at radius 1 is 1.42 bits per heavy atom. The summed E-state index contributed by atoms with van der Waals surface area (Å²) in [6.07, 6.45) is 4.47. The van der Waals surface area contributed by atoms with Crippen LogP contribution in [0.4, 0.5) is 0 Å². The highest BCUT2D eigenvalue weighted by molar-refractivity contribution is 5.79. The smallest absolute Gasteiger partial charge is 0.119 e. The molecule has 1 aromatic heterocycles. The van der Waals surface area contributed by atoms with E-state index in [0.29, 0.717) is 12.6 Å². The van der Waals surface area contributed by atoms with E-state index in [2.05, 4.69) is 22.2 Å². The van der Waals surface area contributed by atoms with Crippen LogP contribution in [0.1, 0.15) is 45.2 Å². The molecule has 1 saturated carbocycles. The standard InChI is InChI=1S/C14H16N2O.C2H6/c1-3-17-10(2)11-4-7-13-14(8-11)16(9-15-13)12-5-6-12;1-2/h4,7-9,12H,2-3,5-6H2,1H3;1-2H3. The summed E-state index contributed by atoms with van der Waals surface area (Å²) in [7, 11) is 0. The van der Waals surface area contributed by atoms with Gasteiger partial charge in [-0.2, -0.15) is 0 Å². The molecule has 3 nitrogen and oxygen atoms in total. The lowest BCUT2D eigenvalue weighted by Gasteiger charge is -2.08. The average molecular weight is 258 g/mol. The minimum Gasteiger partial charge on any atom is -0.494 e. The molecule has 3 heteroatoms. The largest absolute Gasteiger partial charge is 0.494 e. The molecule has 19 heavy (non-hydrogen) atoms. The second-order valence-corrected chi connectivity index (χ2v) is 4.44. The first kappa shape index (κ1) is 13.7. The zero-order chi connectivity index (χ0) is 13.8. The molecule has 0 saturated heterocycles. The molecule has 1 fully saturated rings. The summed E-state index contributed by atoms with van der Waals surface area (Å²) < 4.78 is 7.71. The molecule has 0 atom stereocenters. The molecule has 1 heterocycles. The van der Waals surface area contributed by atoms with Crippen LogP contribution < -0.4 is 0 Å². The van der Waals surface area contributed by atoms with E-state index in [-0.39, 0.29) is 0 Å². The molecule has 3 rings (SSSR count). The van der Waals surface area contributed by atoms with Crippen LogP contribution in [-0.4, -0.2) is 16.2 Å². The molecule has 0 radical (unpaired) electrons. The van der Waals surface area contributed by atoms with E-state index in [1.807, 2.05) is 39.2 Å². The van der Waals surface area contributed by atoms with Crippen LogP contribution in [0.15, 0.2) is 31.1 Å². The van der Waals surface area contributed by atoms with Crippen LogP contribution in [0.2, 0.25) is 0 Å². The van der Waals surface area contributed by atoms with Gasteiger partial charge in [-0.15, -0.1) is 0 Å². The summed E-state index contributed by atoms with van der Waals surface area (Å²) in [5.41, 5.74) is 3.28. The Labute approximate surface area is 114 Å². The maximum absolute atomic E-state index is 5.45. The van der Waals surface area contributed by atoms with E-state index in [1.165, 1.54) is 18.4 Å². The number of fused-ring (bicyclic) bond motifs is 1. The SMILES string of the molecule is C=C(OCC)c1ccc2ncn(C3CC3)c2c1.CC. The van der Waals surface area contributed by atoms with E-state index < -0.39 is 0 Å². The Morgan fingerprint density at radius 3 is 2.79 bits per heavy atom. The monoisotopic (exact) mass is 258 g/mol. The van der Waals surface area contributed by atoms with Crippen molar-refractivity contribution in [3.8, 4) is 0 Å². The number of hydrogen-bond donors (Lipinski definition) is 0. The molecule has 0 bridgehead atoms. The molecule has 2 aromatic rings. The van der Waals surface area contributed by atoms with Crippen molar-refractivity contribution in [3.63, 3.8) is 0 Å². The third kappa shape index (κ3) is 2.80. The molecule has 1 aromatic carbocycles. The Balaban J connectivity index is 0.000000637. The molecule has 1 aliphatic carbocycles. The van der Waals surface area contributed by atoms with Gasteiger partial charge in [-0.25, -0.2) is 4.98 Å². The highest BCUT2D eigenvalue weighted by Gasteiger charge is 2.24. The van der Waals surface area contributed by atoms with Gasteiger partial charge in [0.1, 0.15) is 5.76 Å². The lowest BCUT2D eigenvalue weighted by Crippen LogP contribution is -1.93. The average Bonchev–Trinajstić information content (AvgIpc) is 3.20. The van der Waals surface area contributed by atoms with Gasteiger partial charge in [-0.1, -0.05) is 20.4 Å². The van der Waals surface area contributed by atoms with Gasteiger partial charge in [-0.05, 0) is 38.0 Å². The summed E-state index contributed by atoms with van der Waals surface area (Å²) in [6, 6.07) is 6.83. The van der Waals surface area contributed by atoms with Crippen LogP contribution in [0.5, 0.6) is 0 Å². The summed E-state index contributed by atoms with van der Waals surface area (Å²) in [5.74, 6) is 0.734. The quantitative estimate of drug-likeness (QED) is 0.760. The van der Waals surface area contributed by atoms with Gasteiger partial charge in [0.15, 0.2) is 0 Å². The lowest BCUT2D eigenvalue weighted by molar-refractivity contribution is 0.299. The van der Waals surface area contributed by atoms with E-state index in [1.54, 1.807) is 0 Å². The van der Waals surface area contributed by atoms with E-state index in [9.17, 15) is 0 Å². The predicted molar refractivity (Wildman–Crippen MR) is 80.0 cm³/mol. The fourth-order valence-electron chi connectivity index (χ4n) is 2.10. The Morgan fingerprint density at radius 2 is 2.16 bits per heavy atom. The van der Waals surface area contributed by atoms with Gasteiger partial charge in [0.05, 0.1) is 24.0 Å². The van der Waals surface area contributed by atoms with Crippen LogP contribution in [-0.2, 0) is 4.74 Å². The Bertz CT molecular complexity index is 567. The van der Waals surface area contributed by atoms with Crippen molar-refractivity contribution in [1.29, 1.82) is 0 Å². The highest BCUT2D eigenvalue weighted by atomic mass is 16.5. The van der Waals surface area contributed by atoms with Gasteiger partial charge in [0, 0.05) is 11.6 Å². The van der Waals surface area contributed by atoms with Crippen LogP contribution in [0, 0.1) is 0 Å². The van der Waals surface area contributed by atoms with Crippen molar-refractivity contribution in [2.45, 2.75) is 39.7 Å². The zero-order valence-electron chi connectivity index (χ0n) is 12.0. The number of hydrogen-bond acceptors (Lipinski definition) is 2. The maximum Gasteiger partial charge on any atom is 0.119 e. The minimum absolute atomic E-state index is 0.649. The number of rotatable bonds is 4. The van der Waals surface area contributed by atoms with Crippen molar-refractivity contribution in [1.82, 2.24) is 9.55 Å². The fourth-order valence-corrected chi connectivity index (χ4v) is 2.10. The van der Waals surface area contributed by atoms with Crippen LogP contribution >= 0.6 is 0 Å². The summed E-state index contributed by atoms with van der Waals surface area (Å²) in [6.45, 7) is 10.6. The Kier molecular flexibility index (Phi) is 4.25. The first-order valence-corrected chi connectivity index (χ1v) is 7.08. The van der Waals surface area contributed by atoms with Crippen molar-refractivity contribution < 1.29 is 4.74 Å². The lowest BCUT2D eigenvalue weighted by atomic mass is 10.1. The minimum atomic E-state index is 0.649. The van der Waals surface area contributed by atoms with Gasteiger partial charge in [0.25, 0.3) is 0 Å². The molecule has 0 spiro atoms. The number of benzene rings is 1. The fraction of sp³-hybridized carbons (Fsp3) is 0.438. The van der Waals surface area contributed by atoms with Gasteiger partial charge >= 0.3 is 0 Å². The molecule has 0 amide bonds. The molecule has 0 N–H and O–H groups in total. The predicted octanol–water partition coefficient (Wildman–Crippen LogP) is 4.40. The maximum atomic E-state index is 5.45.